The summed E-state index contributed by atoms with van der Waals surface area (Å²) in [5.74, 6) is -0.279. The average Bonchev–Trinajstić information content (AvgIpc) is 2.18. The SMILES string of the molecule is [CH]c1cc(C(=O)NOCC)ccc1C. The fourth-order valence-corrected chi connectivity index (χ4v) is 0.978. The van der Waals surface area contributed by atoms with Gasteiger partial charge in [-0.2, -0.15) is 0 Å². The Hall–Kier alpha value is -1.35. The summed E-state index contributed by atoms with van der Waals surface area (Å²) in [7, 11) is 0. The van der Waals surface area contributed by atoms with Crippen LogP contribution in [0.4, 0.5) is 0 Å². The molecule has 0 saturated heterocycles. The summed E-state index contributed by atoms with van der Waals surface area (Å²) < 4.78 is 0. The maximum Gasteiger partial charge on any atom is 0.274 e. The predicted molar refractivity (Wildman–Crippen MR) is 53.7 cm³/mol. The van der Waals surface area contributed by atoms with Gasteiger partial charge in [-0.3, -0.25) is 9.63 Å². The third-order valence-electron chi connectivity index (χ3n) is 1.85. The molecule has 1 amide bonds. The maximum absolute atomic E-state index is 11.4. The fourth-order valence-electron chi connectivity index (χ4n) is 0.978. The van der Waals surface area contributed by atoms with E-state index in [0.29, 0.717) is 17.7 Å². The minimum absolute atomic E-state index is 0.279. The molecule has 0 aliphatic rings. The molecular weight excluding hydrogens is 178 g/mol. The van der Waals surface area contributed by atoms with Crippen molar-refractivity contribution >= 4 is 5.91 Å². The Kier molecular flexibility index (Phi) is 3.65. The lowest BCUT2D eigenvalue weighted by Crippen LogP contribution is -2.23. The number of carbonyl (C=O) groups is 1. The van der Waals surface area contributed by atoms with Gasteiger partial charge < -0.3 is 0 Å². The zero-order valence-electron chi connectivity index (χ0n) is 8.33. The van der Waals surface area contributed by atoms with Crippen molar-refractivity contribution in [2.24, 2.45) is 0 Å². The lowest BCUT2D eigenvalue weighted by molar-refractivity contribution is 0.0364. The molecule has 0 aliphatic heterocycles. The van der Waals surface area contributed by atoms with E-state index < -0.39 is 0 Å². The van der Waals surface area contributed by atoms with Gasteiger partial charge in [-0.05, 0) is 44.0 Å². The number of hydroxylamine groups is 1. The monoisotopic (exact) mass is 191 g/mol. The van der Waals surface area contributed by atoms with E-state index >= 15 is 0 Å². The van der Waals surface area contributed by atoms with Crippen LogP contribution in [0, 0.1) is 13.8 Å². The highest BCUT2D eigenvalue weighted by molar-refractivity contribution is 5.93. The van der Waals surface area contributed by atoms with Crippen molar-refractivity contribution in [3.05, 3.63) is 41.8 Å². The van der Waals surface area contributed by atoms with Crippen molar-refractivity contribution in [3.63, 3.8) is 0 Å². The third-order valence-corrected chi connectivity index (χ3v) is 1.85. The second-order valence-corrected chi connectivity index (χ2v) is 2.94. The maximum atomic E-state index is 11.4. The van der Waals surface area contributed by atoms with Crippen LogP contribution in [0.2, 0.25) is 0 Å². The first-order valence-corrected chi connectivity index (χ1v) is 4.43. The van der Waals surface area contributed by atoms with Gasteiger partial charge in [0, 0.05) is 5.56 Å². The van der Waals surface area contributed by atoms with Gasteiger partial charge in [0.2, 0.25) is 0 Å². The largest absolute Gasteiger partial charge is 0.274 e. The minimum Gasteiger partial charge on any atom is -0.274 e. The van der Waals surface area contributed by atoms with Crippen LogP contribution in [-0.4, -0.2) is 12.5 Å². The average molecular weight is 191 g/mol. The van der Waals surface area contributed by atoms with Crippen molar-refractivity contribution in [3.8, 4) is 0 Å². The van der Waals surface area contributed by atoms with E-state index in [4.69, 9.17) is 11.8 Å². The first kappa shape index (κ1) is 10.7. The number of aryl methyl sites for hydroxylation is 1. The molecule has 14 heavy (non-hydrogen) atoms. The molecule has 74 valence electrons. The number of rotatable bonds is 3. The van der Waals surface area contributed by atoms with E-state index in [9.17, 15) is 4.79 Å². The van der Waals surface area contributed by atoms with Gasteiger partial charge in [-0.15, -0.1) is 0 Å². The molecular formula is C11H13NO2. The molecule has 1 aromatic carbocycles. The third kappa shape index (κ3) is 2.57. The zero-order chi connectivity index (χ0) is 10.6. The summed E-state index contributed by atoms with van der Waals surface area (Å²) >= 11 is 0. The van der Waals surface area contributed by atoms with E-state index in [-0.39, 0.29) is 5.91 Å². The Labute approximate surface area is 84.0 Å². The fraction of sp³-hybridized carbons (Fsp3) is 0.273. The van der Waals surface area contributed by atoms with Crippen LogP contribution in [0.1, 0.15) is 28.4 Å². The second kappa shape index (κ2) is 4.77. The molecule has 3 heteroatoms. The van der Waals surface area contributed by atoms with E-state index in [0.717, 1.165) is 5.56 Å². The van der Waals surface area contributed by atoms with Crippen molar-refractivity contribution in [1.29, 1.82) is 0 Å². The predicted octanol–water partition coefficient (Wildman–Crippen LogP) is 1.74. The van der Waals surface area contributed by atoms with Crippen LogP contribution in [0.15, 0.2) is 18.2 Å². The molecule has 3 nitrogen and oxygen atoms in total. The highest BCUT2D eigenvalue weighted by Gasteiger charge is 2.05. The number of hydrogen-bond acceptors (Lipinski definition) is 2. The first-order chi connectivity index (χ1) is 6.65. The molecule has 1 aromatic rings. The van der Waals surface area contributed by atoms with Crippen LogP contribution in [0.5, 0.6) is 0 Å². The first-order valence-electron chi connectivity index (χ1n) is 4.43. The van der Waals surface area contributed by atoms with Gasteiger partial charge in [0.1, 0.15) is 0 Å². The quantitative estimate of drug-likeness (QED) is 0.739. The van der Waals surface area contributed by atoms with Crippen LogP contribution < -0.4 is 5.48 Å². The molecule has 0 fully saturated rings. The minimum atomic E-state index is -0.279. The topological polar surface area (TPSA) is 38.3 Å². The smallest absolute Gasteiger partial charge is 0.274 e. The number of amides is 1. The molecule has 0 aromatic heterocycles. The van der Waals surface area contributed by atoms with Crippen LogP contribution >= 0.6 is 0 Å². The van der Waals surface area contributed by atoms with E-state index in [1.807, 2.05) is 6.92 Å². The Morgan fingerprint density at radius 1 is 1.57 bits per heavy atom. The summed E-state index contributed by atoms with van der Waals surface area (Å²) in [6, 6.07) is 5.14. The molecule has 1 rings (SSSR count). The number of hydrogen-bond donors (Lipinski definition) is 1. The molecule has 0 heterocycles. The van der Waals surface area contributed by atoms with Crippen LogP contribution in [0.25, 0.3) is 0 Å². The Morgan fingerprint density at radius 3 is 2.86 bits per heavy atom. The number of carbonyl (C=O) groups excluding carboxylic acids is 1. The molecule has 2 radical (unpaired) electrons. The standard InChI is InChI=1S/C11H13NO2/c1-4-14-12-11(13)10-6-5-8(2)9(3)7-10/h3,5-7H,4H2,1-2H3,(H,12,13). The van der Waals surface area contributed by atoms with Crippen LogP contribution in [-0.2, 0) is 4.84 Å². The summed E-state index contributed by atoms with van der Waals surface area (Å²) in [5.41, 5.74) is 4.36. The number of nitrogens with one attached hydrogen (secondary N) is 1. The number of benzene rings is 1. The van der Waals surface area contributed by atoms with E-state index in [1.54, 1.807) is 25.1 Å². The summed E-state index contributed by atoms with van der Waals surface area (Å²) in [5, 5.41) is 0. The van der Waals surface area contributed by atoms with Gasteiger partial charge in [0.05, 0.1) is 6.61 Å². The second-order valence-electron chi connectivity index (χ2n) is 2.94. The molecule has 0 unspecified atom stereocenters. The molecule has 0 saturated carbocycles. The Balaban J connectivity index is 2.76. The van der Waals surface area contributed by atoms with E-state index in [1.165, 1.54) is 0 Å². The summed E-state index contributed by atoms with van der Waals surface area (Å²) in [6.45, 7) is 9.79. The van der Waals surface area contributed by atoms with Gasteiger partial charge in [-0.25, -0.2) is 5.48 Å². The van der Waals surface area contributed by atoms with Crippen LogP contribution in [0.3, 0.4) is 0 Å². The van der Waals surface area contributed by atoms with Crippen molar-refractivity contribution in [2.75, 3.05) is 6.61 Å². The normalized spacial score (nSPS) is 9.93. The van der Waals surface area contributed by atoms with Gasteiger partial charge in [0.15, 0.2) is 0 Å². The highest BCUT2D eigenvalue weighted by Crippen LogP contribution is 2.09. The van der Waals surface area contributed by atoms with Gasteiger partial charge in [-0.1, -0.05) is 6.07 Å². The molecule has 0 atom stereocenters. The Morgan fingerprint density at radius 2 is 2.29 bits per heavy atom. The van der Waals surface area contributed by atoms with E-state index in [2.05, 4.69) is 5.48 Å². The van der Waals surface area contributed by atoms with Crippen molar-refractivity contribution < 1.29 is 9.63 Å². The summed E-state index contributed by atoms with van der Waals surface area (Å²) in [4.78, 5) is 16.2. The lowest BCUT2D eigenvalue weighted by atomic mass is 10.1. The molecule has 1 N–H and O–H groups in total. The molecule has 0 aliphatic carbocycles. The Bertz CT molecular complexity index is 334. The van der Waals surface area contributed by atoms with Crippen molar-refractivity contribution in [2.45, 2.75) is 13.8 Å². The molecule has 0 spiro atoms. The van der Waals surface area contributed by atoms with Crippen molar-refractivity contribution in [1.82, 2.24) is 5.48 Å². The van der Waals surface area contributed by atoms with Gasteiger partial charge in [0.25, 0.3) is 5.91 Å². The van der Waals surface area contributed by atoms with Gasteiger partial charge >= 0.3 is 0 Å². The lowest BCUT2D eigenvalue weighted by Gasteiger charge is -2.05. The highest BCUT2D eigenvalue weighted by atomic mass is 16.6. The zero-order valence-corrected chi connectivity index (χ0v) is 8.33. The summed E-state index contributed by atoms with van der Waals surface area (Å²) in [6.07, 6.45) is 0. The molecule has 0 bridgehead atoms.